The van der Waals surface area contributed by atoms with Crippen molar-refractivity contribution in [2.75, 3.05) is 18.1 Å². The maximum absolute atomic E-state index is 12.4. The molecule has 1 aromatic rings. The van der Waals surface area contributed by atoms with Gasteiger partial charge in [-0.05, 0) is 18.1 Å². The standard InChI is InChI=1S/C12H17F2N3/c1-7(2)9(5-11(13)14)10-4-8(16-3)6-17-12(10)15/h4-7,9,16H,1-3H3,(H2,15,17). The lowest BCUT2D eigenvalue weighted by molar-refractivity contribution is 0.407. The number of aromatic nitrogens is 1. The van der Waals surface area contributed by atoms with Crippen LogP contribution in [0.15, 0.2) is 24.4 Å². The first-order valence-electron chi connectivity index (χ1n) is 5.41. The normalized spacial score (nSPS) is 12.4. The van der Waals surface area contributed by atoms with Gasteiger partial charge < -0.3 is 11.1 Å². The Balaban J connectivity index is 3.22. The first kappa shape index (κ1) is 13.4. The molecule has 0 bridgehead atoms. The third-order valence-corrected chi connectivity index (χ3v) is 2.62. The van der Waals surface area contributed by atoms with Crippen LogP contribution in [0.3, 0.4) is 0 Å². The molecule has 1 heterocycles. The Hall–Kier alpha value is -1.65. The van der Waals surface area contributed by atoms with Gasteiger partial charge in [0.05, 0.1) is 11.9 Å². The van der Waals surface area contributed by atoms with Gasteiger partial charge in [0.25, 0.3) is 6.08 Å². The highest BCUT2D eigenvalue weighted by Gasteiger charge is 2.18. The molecule has 1 rings (SSSR count). The molecule has 0 fully saturated rings. The zero-order chi connectivity index (χ0) is 13.0. The molecule has 1 aromatic heterocycles. The van der Waals surface area contributed by atoms with Crippen LogP contribution in [0.4, 0.5) is 20.3 Å². The van der Waals surface area contributed by atoms with Gasteiger partial charge in [0.15, 0.2) is 0 Å². The van der Waals surface area contributed by atoms with E-state index in [0.29, 0.717) is 11.4 Å². The summed E-state index contributed by atoms with van der Waals surface area (Å²) >= 11 is 0. The average molecular weight is 241 g/mol. The smallest absolute Gasteiger partial charge is 0.266 e. The molecular formula is C12H17F2N3. The highest BCUT2D eigenvalue weighted by Crippen LogP contribution is 2.32. The first-order chi connectivity index (χ1) is 7.95. The summed E-state index contributed by atoms with van der Waals surface area (Å²) in [5.41, 5.74) is 7.13. The van der Waals surface area contributed by atoms with Crippen LogP contribution < -0.4 is 11.1 Å². The Kier molecular flexibility index (Phi) is 4.43. The Morgan fingerprint density at radius 2 is 2.12 bits per heavy atom. The van der Waals surface area contributed by atoms with Crippen LogP contribution in [-0.2, 0) is 0 Å². The molecule has 0 saturated carbocycles. The van der Waals surface area contributed by atoms with E-state index in [-0.39, 0.29) is 5.92 Å². The molecule has 0 spiro atoms. The molecule has 0 aromatic carbocycles. The number of allylic oxidation sites excluding steroid dienone is 1. The van der Waals surface area contributed by atoms with Crippen molar-refractivity contribution in [3.8, 4) is 0 Å². The summed E-state index contributed by atoms with van der Waals surface area (Å²) in [6, 6.07) is 1.76. The summed E-state index contributed by atoms with van der Waals surface area (Å²) in [7, 11) is 1.74. The van der Waals surface area contributed by atoms with Crippen molar-refractivity contribution < 1.29 is 8.78 Å². The van der Waals surface area contributed by atoms with Crippen LogP contribution in [0, 0.1) is 5.92 Å². The van der Waals surface area contributed by atoms with E-state index in [1.807, 2.05) is 13.8 Å². The fourth-order valence-corrected chi connectivity index (χ4v) is 1.67. The molecule has 3 nitrogen and oxygen atoms in total. The average Bonchev–Trinajstić information content (AvgIpc) is 2.26. The molecule has 3 N–H and O–H groups in total. The maximum Gasteiger partial charge on any atom is 0.266 e. The van der Waals surface area contributed by atoms with Gasteiger partial charge in [0.1, 0.15) is 5.82 Å². The fourth-order valence-electron chi connectivity index (χ4n) is 1.67. The Morgan fingerprint density at radius 1 is 1.47 bits per heavy atom. The van der Waals surface area contributed by atoms with E-state index in [0.717, 1.165) is 11.8 Å². The summed E-state index contributed by atoms with van der Waals surface area (Å²) in [6.45, 7) is 3.74. The number of hydrogen-bond donors (Lipinski definition) is 2. The number of nitrogen functional groups attached to an aromatic ring is 1. The number of pyridine rings is 1. The zero-order valence-corrected chi connectivity index (χ0v) is 10.2. The minimum absolute atomic E-state index is 0.0210. The van der Waals surface area contributed by atoms with Crippen molar-refractivity contribution >= 4 is 11.5 Å². The molecular weight excluding hydrogens is 224 g/mol. The van der Waals surface area contributed by atoms with Gasteiger partial charge in [-0.2, -0.15) is 8.78 Å². The van der Waals surface area contributed by atoms with E-state index >= 15 is 0 Å². The SMILES string of the molecule is CNc1cnc(N)c(C(C=C(F)F)C(C)C)c1. The van der Waals surface area contributed by atoms with Crippen molar-refractivity contribution in [1.82, 2.24) is 4.98 Å². The number of nitrogens with one attached hydrogen (secondary N) is 1. The van der Waals surface area contributed by atoms with E-state index in [4.69, 9.17) is 5.73 Å². The van der Waals surface area contributed by atoms with Crippen molar-refractivity contribution in [1.29, 1.82) is 0 Å². The lowest BCUT2D eigenvalue weighted by atomic mass is 9.88. The minimum atomic E-state index is -1.70. The van der Waals surface area contributed by atoms with E-state index < -0.39 is 12.0 Å². The third-order valence-electron chi connectivity index (χ3n) is 2.62. The van der Waals surface area contributed by atoms with Gasteiger partial charge in [0.2, 0.25) is 0 Å². The van der Waals surface area contributed by atoms with Crippen LogP contribution in [0.2, 0.25) is 0 Å². The minimum Gasteiger partial charge on any atom is -0.387 e. The van der Waals surface area contributed by atoms with Crippen LogP contribution in [0.25, 0.3) is 0 Å². The van der Waals surface area contributed by atoms with E-state index in [1.54, 1.807) is 19.3 Å². The van der Waals surface area contributed by atoms with Crippen LogP contribution in [-0.4, -0.2) is 12.0 Å². The van der Waals surface area contributed by atoms with Gasteiger partial charge in [-0.3, -0.25) is 0 Å². The molecule has 17 heavy (non-hydrogen) atoms. The van der Waals surface area contributed by atoms with Crippen LogP contribution >= 0.6 is 0 Å². The van der Waals surface area contributed by atoms with Gasteiger partial charge in [-0.15, -0.1) is 0 Å². The van der Waals surface area contributed by atoms with Crippen molar-refractivity contribution in [2.24, 2.45) is 5.92 Å². The first-order valence-corrected chi connectivity index (χ1v) is 5.41. The number of anilines is 2. The monoisotopic (exact) mass is 241 g/mol. The van der Waals surface area contributed by atoms with Gasteiger partial charge >= 0.3 is 0 Å². The molecule has 0 amide bonds. The van der Waals surface area contributed by atoms with E-state index in [2.05, 4.69) is 10.3 Å². The summed E-state index contributed by atoms with van der Waals surface area (Å²) in [6.07, 6.45) is 0.807. The largest absolute Gasteiger partial charge is 0.387 e. The predicted molar refractivity (Wildman–Crippen MR) is 66.1 cm³/mol. The molecule has 1 atom stereocenters. The van der Waals surface area contributed by atoms with E-state index in [9.17, 15) is 8.78 Å². The van der Waals surface area contributed by atoms with Gasteiger partial charge in [-0.1, -0.05) is 13.8 Å². The number of rotatable bonds is 4. The second-order valence-electron chi connectivity index (χ2n) is 4.17. The number of hydrogen-bond acceptors (Lipinski definition) is 3. The quantitative estimate of drug-likeness (QED) is 0.850. The lowest BCUT2D eigenvalue weighted by Gasteiger charge is -2.19. The summed E-state index contributed by atoms with van der Waals surface area (Å²) < 4.78 is 24.9. The molecule has 1 unspecified atom stereocenters. The topological polar surface area (TPSA) is 50.9 Å². The number of nitrogens with two attached hydrogens (primary N) is 1. The Labute approximate surface area is 99.7 Å². The highest BCUT2D eigenvalue weighted by molar-refractivity contribution is 5.53. The molecule has 0 saturated heterocycles. The Morgan fingerprint density at radius 3 is 2.59 bits per heavy atom. The third kappa shape index (κ3) is 3.41. The zero-order valence-electron chi connectivity index (χ0n) is 10.2. The fraction of sp³-hybridized carbons (Fsp3) is 0.417. The van der Waals surface area contributed by atoms with Crippen LogP contribution in [0.1, 0.15) is 25.3 Å². The highest BCUT2D eigenvalue weighted by atomic mass is 19.3. The van der Waals surface area contributed by atoms with Crippen LogP contribution in [0.5, 0.6) is 0 Å². The van der Waals surface area contributed by atoms with Crippen molar-refractivity contribution in [3.05, 3.63) is 30.0 Å². The molecule has 0 aliphatic heterocycles. The second kappa shape index (κ2) is 5.61. The number of nitrogens with zero attached hydrogens (tertiary/aromatic N) is 1. The second-order valence-corrected chi connectivity index (χ2v) is 4.17. The van der Waals surface area contributed by atoms with Gasteiger partial charge in [0, 0.05) is 18.5 Å². The molecule has 5 heteroatoms. The summed E-state index contributed by atoms with van der Waals surface area (Å²) in [5, 5.41) is 2.92. The number of halogens is 2. The van der Waals surface area contributed by atoms with E-state index in [1.165, 1.54) is 0 Å². The summed E-state index contributed by atoms with van der Waals surface area (Å²) in [5.74, 6) is -0.117. The predicted octanol–water partition coefficient (Wildman–Crippen LogP) is 3.23. The maximum atomic E-state index is 12.4. The molecule has 0 aliphatic carbocycles. The summed E-state index contributed by atoms with van der Waals surface area (Å²) in [4.78, 5) is 4.00. The molecule has 0 aliphatic rings. The molecule has 94 valence electrons. The van der Waals surface area contributed by atoms with Crippen molar-refractivity contribution in [3.63, 3.8) is 0 Å². The Bertz CT molecular complexity index is 412. The van der Waals surface area contributed by atoms with Crippen molar-refractivity contribution in [2.45, 2.75) is 19.8 Å². The van der Waals surface area contributed by atoms with Gasteiger partial charge in [-0.25, -0.2) is 4.98 Å². The lowest BCUT2D eigenvalue weighted by Crippen LogP contribution is -2.09. The molecule has 0 radical (unpaired) electrons.